The summed E-state index contributed by atoms with van der Waals surface area (Å²) >= 11 is 0. The molecule has 1 aromatic rings. The molecule has 2 rings (SSSR count). The maximum atomic E-state index is 12.1. The Morgan fingerprint density at radius 1 is 1.20 bits per heavy atom. The lowest BCUT2D eigenvalue weighted by molar-refractivity contribution is -0.274. The number of ether oxygens (including phenoxy) is 2. The van der Waals surface area contributed by atoms with Crippen molar-refractivity contribution in [2.24, 2.45) is 0 Å². The van der Waals surface area contributed by atoms with Gasteiger partial charge in [0.05, 0.1) is 0 Å². The van der Waals surface area contributed by atoms with Crippen molar-refractivity contribution in [1.29, 1.82) is 0 Å². The van der Waals surface area contributed by atoms with Crippen molar-refractivity contribution in [3.8, 4) is 5.75 Å². The van der Waals surface area contributed by atoms with Gasteiger partial charge in [-0.15, -0.1) is 13.2 Å². The molecular formula is C16H19F3N2O4. The first-order valence-electron chi connectivity index (χ1n) is 7.88. The summed E-state index contributed by atoms with van der Waals surface area (Å²) in [5, 5.41) is 2.45. The normalized spacial score (nSPS) is 15.6. The molecule has 0 aliphatic carbocycles. The summed E-state index contributed by atoms with van der Waals surface area (Å²) in [6.45, 7) is 2.87. The van der Waals surface area contributed by atoms with Crippen LogP contribution in [0.5, 0.6) is 5.75 Å². The Morgan fingerprint density at radius 3 is 2.32 bits per heavy atom. The van der Waals surface area contributed by atoms with E-state index in [1.165, 1.54) is 12.1 Å². The predicted octanol–water partition coefficient (Wildman–Crippen LogP) is 3.53. The van der Waals surface area contributed by atoms with Crippen LogP contribution in [0.3, 0.4) is 0 Å². The monoisotopic (exact) mass is 360 g/mol. The molecule has 0 radical (unpaired) electrons. The summed E-state index contributed by atoms with van der Waals surface area (Å²) < 4.78 is 45.2. The second-order valence-corrected chi connectivity index (χ2v) is 5.54. The van der Waals surface area contributed by atoms with Gasteiger partial charge in [-0.1, -0.05) is 6.92 Å². The molecule has 0 aromatic heterocycles. The first-order chi connectivity index (χ1) is 11.8. The number of anilines is 1. The minimum atomic E-state index is -4.76. The van der Waals surface area contributed by atoms with E-state index in [-0.39, 0.29) is 23.4 Å². The van der Waals surface area contributed by atoms with E-state index in [1.807, 2.05) is 0 Å². The summed E-state index contributed by atoms with van der Waals surface area (Å²) in [6, 6.07) is 4.76. The summed E-state index contributed by atoms with van der Waals surface area (Å²) in [7, 11) is 0. The molecular weight excluding hydrogens is 341 g/mol. The number of benzene rings is 1. The van der Waals surface area contributed by atoms with Gasteiger partial charge in [0.15, 0.2) is 0 Å². The average molecular weight is 360 g/mol. The minimum Gasteiger partial charge on any atom is -0.446 e. The second-order valence-electron chi connectivity index (χ2n) is 5.54. The van der Waals surface area contributed by atoms with E-state index < -0.39 is 12.5 Å². The smallest absolute Gasteiger partial charge is 0.446 e. The molecule has 1 N–H and O–H groups in total. The highest BCUT2D eigenvalue weighted by atomic mass is 19.4. The van der Waals surface area contributed by atoms with Crippen molar-refractivity contribution in [3.05, 3.63) is 24.3 Å². The largest absolute Gasteiger partial charge is 0.573 e. The zero-order valence-electron chi connectivity index (χ0n) is 13.6. The molecule has 1 fully saturated rings. The Morgan fingerprint density at radius 2 is 1.80 bits per heavy atom. The van der Waals surface area contributed by atoms with Gasteiger partial charge in [0, 0.05) is 38.0 Å². The van der Waals surface area contributed by atoms with Crippen LogP contribution in [0.4, 0.5) is 23.7 Å². The fraction of sp³-hybridized carbons (Fsp3) is 0.500. The molecule has 0 spiro atoms. The van der Waals surface area contributed by atoms with E-state index in [2.05, 4.69) is 10.1 Å². The number of carbonyl (C=O) groups is 2. The number of carbonyl (C=O) groups excluding carboxylic acids is 2. The van der Waals surface area contributed by atoms with Crippen LogP contribution in [0.1, 0.15) is 26.2 Å². The van der Waals surface area contributed by atoms with E-state index in [0.717, 1.165) is 12.1 Å². The number of nitrogens with one attached hydrogen (secondary N) is 1. The van der Waals surface area contributed by atoms with Gasteiger partial charge in [-0.25, -0.2) is 4.79 Å². The van der Waals surface area contributed by atoms with Crippen LogP contribution in [-0.4, -0.2) is 42.5 Å². The zero-order valence-corrected chi connectivity index (χ0v) is 13.6. The molecule has 0 saturated carbocycles. The third-order valence-corrected chi connectivity index (χ3v) is 3.71. The minimum absolute atomic E-state index is 0.0732. The molecule has 0 bridgehead atoms. The molecule has 138 valence electrons. The Bertz CT molecular complexity index is 596. The SMILES string of the molecule is CCC(=O)N1CCC(OC(=O)Nc2ccc(OC(F)(F)F)cc2)CC1. The number of halogens is 3. The van der Waals surface area contributed by atoms with Crippen molar-refractivity contribution in [2.75, 3.05) is 18.4 Å². The lowest BCUT2D eigenvalue weighted by Gasteiger charge is -2.31. The molecule has 1 aromatic carbocycles. The molecule has 1 heterocycles. The first-order valence-corrected chi connectivity index (χ1v) is 7.88. The van der Waals surface area contributed by atoms with Gasteiger partial charge >= 0.3 is 12.5 Å². The van der Waals surface area contributed by atoms with Gasteiger partial charge in [-0.3, -0.25) is 10.1 Å². The fourth-order valence-corrected chi connectivity index (χ4v) is 2.49. The maximum absolute atomic E-state index is 12.1. The van der Waals surface area contributed by atoms with E-state index in [1.54, 1.807) is 11.8 Å². The molecule has 6 nitrogen and oxygen atoms in total. The Balaban J connectivity index is 1.78. The van der Waals surface area contributed by atoms with Crippen molar-refractivity contribution >= 4 is 17.7 Å². The topological polar surface area (TPSA) is 67.9 Å². The lowest BCUT2D eigenvalue weighted by atomic mass is 10.1. The van der Waals surface area contributed by atoms with Crippen LogP contribution in [0, 0.1) is 0 Å². The van der Waals surface area contributed by atoms with Crippen molar-refractivity contribution in [3.63, 3.8) is 0 Å². The number of nitrogens with zero attached hydrogens (tertiary/aromatic N) is 1. The molecule has 1 aliphatic rings. The highest BCUT2D eigenvalue weighted by Gasteiger charge is 2.31. The van der Waals surface area contributed by atoms with Gasteiger partial charge in [0.1, 0.15) is 11.9 Å². The van der Waals surface area contributed by atoms with Crippen molar-refractivity contribution in [1.82, 2.24) is 4.90 Å². The van der Waals surface area contributed by atoms with Crippen LogP contribution in [0.15, 0.2) is 24.3 Å². The third-order valence-electron chi connectivity index (χ3n) is 3.71. The van der Waals surface area contributed by atoms with Crippen LogP contribution in [0.25, 0.3) is 0 Å². The van der Waals surface area contributed by atoms with Crippen LogP contribution in [0.2, 0.25) is 0 Å². The summed E-state index contributed by atoms with van der Waals surface area (Å²) in [5.41, 5.74) is 0.290. The highest BCUT2D eigenvalue weighted by molar-refractivity contribution is 5.84. The molecule has 25 heavy (non-hydrogen) atoms. The molecule has 0 atom stereocenters. The van der Waals surface area contributed by atoms with Crippen LogP contribution in [-0.2, 0) is 9.53 Å². The Hall–Kier alpha value is -2.45. The number of hydrogen-bond acceptors (Lipinski definition) is 4. The lowest BCUT2D eigenvalue weighted by Crippen LogP contribution is -2.41. The summed E-state index contributed by atoms with van der Waals surface area (Å²) in [4.78, 5) is 25.2. The number of piperidine rings is 1. The van der Waals surface area contributed by atoms with E-state index in [9.17, 15) is 22.8 Å². The maximum Gasteiger partial charge on any atom is 0.573 e. The van der Waals surface area contributed by atoms with Gasteiger partial charge in [-0.05, 0) is 24.3 Å². The number of amides is 2. The molecule has 2 amide bonds. The molecule has 0 unspecified atom stereocenters. The predicted molar refractivity (Wildman–Crippen MR) is 83.1 cm³/mol. The van der Waals surface area contributed by atoms with E-state index >= 15 is 0 Å². The highest BCUT2D eigenvalue weighted by Crippen LogP contribution is 2.24. The Kier molecular flexibility index (Phi) is 6.11. The van der Waals surface area contributed by atoms with E-state index in [0.29, 0.717) is 32.4 Å². The van der Waals surface area contributed by atoms with Gasteiger partial charge in [-0.2, -0.15) is 0 Å². The van der Waals surface area contributed by atoms with Crippen molar-refractivity contribution in [2.45, 2.75) is 38.7 Å². The van der Waals surface area contributed by atoms with Crippen molar-refractivity contribution < 1.29 is 32.2 Å². The molecule has 9 heteroatoms. The standard InChI is InChI=1S/C16H19F3N2O4/c1-2-14(22)21-9-7-12(8-10-21)24-15(23)20-11-3-5-13(6-4-11)25-16(17,18)19/h3-6,12H,2,7-10H2,1H3,(H,20,23). The Labute approximate surface area is 142 Å². The quantitative estimate of drug-likeness (QED) is 0.892. The van der Waals surface area contributed by atoms with Gasteiger partial charge in [0.25, 0.3) is 0 Å². The fourth-order valence-electron chi connectivity index (χ4n) is 2.49. The van der Waals surface area contributed by atoms with Crippen LogP contribution < -0.4 is 10.1 Å². The van der Waals surface area contributed by atoms with Gasteiger partial charge < -0.3 is 14.4 Å². The van der Waals surface area contributed by atoms with Crippen LogP contribution >= 0.6 is 0 Å². The van der Waals surface area contributed by atoms with Gasteiger partial charge in [0.2, 0.25) is 5.91 Å². The average Bonchev–Trinajstić information content (AvgIpc) is 2.55. The zero-order chi connectivity index (χ0) is 18.4. The number of rotatable bonds is 4. The third kappa shape index (κ3) is 6.17. The van der Waals surface area contributed by atoms with E-state index in [4.69, 9.17) is 4.74 Å². The summed E-state index contributed by atoms with van der Waals surface area (Å²) in [5.74, 6) is -0.302. The second kappa shape index (κ2) is 8.09. The first kappa shape index (κ1) is 18.9. The number of likely N-dealkylation sites (tertiary alicyclic amines) is 1. The molecule has 1 aliphatic heterocycles. The number of hydrogen-bond donors (Lipinski definition) is 1. The molecule has 1 saturated heterocycles. The number of alkyl halides is 3. The summed E-state index contributed by atoms with van der Waals surface area (Å²) in [6.07, 6.45) is -4.20.